The van der Waals surface area contributed by atoms with E-state index in [4.69, 9.17) is 11.6 Å². The van der Waals surface area contributed by atoms with Crippen molar-refractivity contribution < 1.29 is 4.79 Å². The first-order chi connectivity index (χ1) is 13.7. The first-order valence-corrected chi connectivity index (χ1v) is 10.6. The van der Waals surface area contributed by atoms with E-state index < -0.39 is 0 Å². The third-order valence-electron chi connectivity index (χ3n) is 5.61. The molecule has 1 aliphatic rings. The van der Waals surface area contributed by atoms with Gasteiger partial charge < -0.3 is 4.90 Å². The van der Waals surface area contributed by atoms with E-state index in [2.05, 4.69) is 61.3 Å². The number of nitrogens with zero attached hydrogens (tertiary/aromatic N) is 2. The number of carbonyl (C=O) groups is 1. The molecule has 1 unspecified atom stereocenters. The summed E-state index contributed by atoms with van der Waals surface area (Å²) in [6.07, 6.45) is 3.92. The predicted octanol–water partition coefficient (Wildman–Crippen LogP) is 5.91. The van der Waals surface area contributed by atoms with Crippen molar-refractivity contribution in [2.45, 2.75) is 58.9 Å². The van der Waals surface area contributed by atoms with E-state index in [-0.39, 0.29) is 11.4 Å². The molecule has 0 fully saturated rings. The van der Waals surface area contributed by atoms with Crippen LogP contribution in [0.3, 0.4) is 0 Å². The summed E-state index contributed by atoms with van der Waals surface area (Å²) < 4.78 is 0. The molecule has 2 aromatic rings. The Labute approximate surface area is 179 Å². The highest BCUT2D eigenvalue weighted by Gasteiger charge is 2.35. The van der Waals surface area contributed by atoms with Gasteiger partial charge in [0.25, 0.3) is 5.91 Å². The molecule has 0 spiro atoms. The number of carbonyl (C=O) groups excluding carboxylic acids is 1. The van der Waals surface area contributed by atoms with Gasteiger partial charge in [0, 0.05) is 17.8 Å². The molecule has 1 heterocycles. The van der Waals surface area contributed by atoms with Gasteiger partial charge in [-0.1, -0.05) is 37.6 Å². The molecule has 5 heteroatoms. The Morgan fingerprint density at radius 3 is 2.76 bits per heavy atom. The van der Waals surface area contributed by atoms with Crippen LogP contribution in [0.25, 0.3) is 0 Å². The molecular formula is C24H30ClN3O. The summed E-state index contributed by atoms with van der Waals surface area (Å²) in [6.45, 7) is 12.1. The smallest absolute Gasteiger partial charge is 0.272 e. The summed E-state index contributed by atoms with van der Waals surface area (Å²) in [7, 11) is 0. The molecule has 0 aliphatic carbocycles. The van der Waals surface area contributed by atoms with Gasteiger partial charge >= 0.3 is 0 Å². The zero-order chi connectivity index (χ0) is 21.2. The highest BCUT2D eigenvalue weighted by atomic mass is 35.5. The lowest BCUT2D eigenvalue weighted by Gasteiger charge is -2.47. The van der Waals surface area contributed by atoms with Crippen LogP contribution in [0.15, 0.2) is 41.5 Å². The number of hydrogen-bond donors (Lipinski definition) is 1. The van der Waals surface area contributed by atoms with Gasteiger partial charge in [-0.25, -0.2) is 5.43 Å². The second-order valence-corrected chi connectivity index (χ2v) is 8.98. The molecule has 29 heavy (non-hydrogen) atoms. The van der Waals surface area contributed by atoms with E-state index in [9.17, 15) is 4.79 Å². The monoisotopic (exact) mass is 411 g/mol. The second-order valence-electron chi connectivity index (χ2n) is 8.57. The number of rotatable bonds is 5. The van der Waals surface area contributed by atoms with Crippen LogP contribution in [-0.4, -0.2) is 24.2 Å². The highest BCUT2D eigenvalue weighted by molar-refractivity contribution is 6.33. The maximum Gasteiger partial charge on any atom is 0.272 e. The Balaban J connectivity index is 1.77. The lowest BCUT2D eigenvalue weighted by Crippen LogP contribution is -2.48. The Kier molecular flexibility index (Phi) is 6.33. The molecule has 0 aromatic heterocycles. The summed E-state index contributed by atoms with van der Waals surface area (Å²) in [4.78, 5) is 14.8. The first kappa shape index (κ1) is 21.4. The maximum atomic E-state index is 12.3. The van der Waals surface area contributed by atoms with Gasteiger partial charge in [-0.3, -0.25) is 4.79 Å². The molecule has 1 amide bonds. The predicted molar refractivity (Wildman–Crippen MR) is 122 cm³/mol. The molecule has 1 aliphatic heterocycles. The Bertz CT molecular complexity index is 936. The van der Waals surface area contributed by atoms with E-state index in [1.54, 1.807) is 18.3 Å². The van der Waals surface area contributed by atoms with E-state index >= 15 is 0 Å². The van der Waals surface area contributed by atoms with Crippen LogP contribution in [0.5, 0.6) is 0 Å². The molecule has 3 rings (SSSR count). The molecule has 0 radical (unpaired) electrons. The maximum absolute atomic E-state index is 12.3. The minimum absolute atomic E-state index is 0.152. The van der Waals surface area contributed by atoms with Gasteiger partial charge in [0.2, 0.25) is 0 Å². The van der Waals surface area contributed by atoms with Crippen molar-refractivity contribution in [1.82, 2.24) is 5.43 Å². The van der Waals surface area contributed by atoms with Crippen LogP contribution in [0.1, 0.15) is 73.5 Å². The van der Waals surface area contributed by atoms with Crippen molar-refractivity contribution in [2.24, 2.45) is 5.10 Å². The number of benzene rings is 2. The molecule has 154 valence electrons. The molecule has 0 bridgehead atoms. The average molecular weight is 412 g/mol. The first-order valence-electron chi connectivity index (χ1n) is 10.2. The van der Waals surface area contributed by atoms with Crippen LogP contribution in [-0.2, 0) is 0 Å². The lowest BCUT2D eigenvalue weighted by molar-refractivity contribution is 0.0955. The van der Waals surface area contributed by atoms with Gasteiger partial charge in [0.1, 0.15) is 0 Å². The summed E-state index contributed by atoms with van der Waals surface area (Å²) in [5.41, 5.74) is 7.79. The van der Waals surface area contributed by atoms with Crippen molar-refractivity contribution in [1.29, 1.82) is 0 Å². The SMILES string of the molecule is CCCN1c2ccc(/C=N\NC(=O)c3ccc(C)cc3Cl)cc2C(C)CC1(C)C. The van der Waals surface area contributed by atoms with Gasteiger partial charge in [-0.05, 0) is 80.5 Å². The number of anilines is 1. The van der Waals surface area contributed by atoms with Gasteiger partial charge in [-0.15, -0.1) is 0 Å². The van der Waals surface area contributed by atoms with Crippen molar-refractivity contribution >= 4 is 29.4 Å². The standard InChI is InChI=1S/C24H30ClN3O/c1-6-11-28-22-10-8-18(13-20(22)17(3)14-24(28,4)5)15-26-27-23(29)19-9-7-16(2)12-21(19)25/h7-10,12-13,15,17H,6,11,14H2,1-5H3,(H,27,29)/b26-15-. The third-order valence-corrected chi connectivity index (χ3v) is 5.92. The zero-order valence-corrected chi connectivity index (χ0v) is 18.7. The van der Waals surface area contributed by atoms with Crippen molar-refractivity contribution in [3.05, 3.63) is 63.7 Å². The largest absolute Gasteiger partial charge is 0.366 e. The van der Waals surface area contributed by atoms with E-state index in [0.29, 0.717) is 16.5 Å². The molecular weight excluding hydrogens is 382 g/mol. The Hall–Kier alpha value is -2.33. The normalized spacial score (nSPS) is 18.0. The highest BCUT2D eigenvalue weighted by Crippen LogP contribution is 2.43. The summed E-state index contributed by atoms with van der Waals surface area (Å²) >= 11 is 6.16. The molecule has 1 N–H and O–H groups in total. The van der Waals surface area contributed by atoms with Crippen LogP contribution < -0.4 is 10.3 Å². The average Bonchev–Trinajstić information content (AvgIpc) is 2.64. The number of halogens is 1. The van der Waals surface area contributed by atoms with Gasteiger partial charge in [-0.2, -0.15) is 5.10 Å². The zero-order valence-electron chi connectivity index (χ0n) is 17.9. The minimum Gasteiger partial charge on any atom is -0.366 e. The fourth-order valence-corrected chi connectivity index (χ4v) is 4.59. The number of hydrogen-bond acceptors (Lipinski definition) is 3. The Morgan fingerprint density at radius 2 is 2.07 bits per heavy atom. The molecule has 0 saturated carbocycles. The summed E-state index contributed by atoms with van der Waals surface area (Å²) in [5, 5.41) is 4.57. The molecule has 4 nitrogen and oxygen atoms in total. The van der Waals surface area contributed by atoms with Crippen LogP contribution in [0.4, 0.5) is 5.69 Å². The van der Waals surface area contributed by atoms with Crippen molar-refractivity contribution in [2.75, 3.05) is 11.4 Å². The van der Waals surface area contributed by atoms with E-state index in [1.807, 2.05) is 13.0 Å². The van der Waals surface area contributed by atoms with Gasteiger partial charge in [0.05, 0.1) is 16.8 Å². The third kappa shape index (κ3) is 4.64. The van der Waals surface area contributed by atoms with Crippen molar-refractivity contribution in [3.8, 4) is 0 Å². The second kappa shape index (κ2) is 8.58. The topological polar surface area (TPSA) is 44.7 Å². The van der Waals surface area contributed by atoms with Gasteiger partial charge in [0.15, 0.2) is 0 Å². The number of hydrazone groups is 1. The summed E-state index contributed by atoms with van der Waals surface area (Å²) in [6, 6.07) is 11.8. The van der Waals surface area contributed by atoms with E-state index in [0.717, 1.165) is 30.5 Å². The number of nitrogens with one attached hydrogen (secondary N) is 1. The molecule has 2 aromatic carbocycles. The van der Waals surface area contributed by atoms with Crippen molar-refractivity contribution in [3.63, 3.8) is 0 Å². The van der Waals surface area contributed by atoms with Crippen LogP contribution in [0.2, 0.25) is 5.02 Å². The fourth-order valence-electron chi connectivity index (χ4n) is 4.27. The van der Waals surface area contributed by atoms with E-state index in [1.165, 1.54) is 11.3 Å². The Morgan fingerprint density at radius 1 is 1.31 bits per heavy atom. The number of fused-ring (bicyclic) bond motifs is 1. The van der Waals surface area contributed by atoms with Crippen LogP contribution >= 0.6 is 11.6 Å². The minimum atomic E-state index is -0.312. The fraction of sp³-hybridized carbons (Fsp3) is 0.417. The molecule has 1 atom stereocenters. The quantitative estimate of drug-likeness (QED) is 0.490. The lowest BCUT2D eigenvalue weighted by atomic mass is 9.79. The van der Waals surface area contributed by atoms with Crippen LogP contribution in [0, 0.1) is 6.92 Å². The molecule has 0 saturated heterocycles. The number of aryl methyl sites for hydroxylation is 1. The number of amides is 1. The summed E-state index contributed by atoms with van der Waals surface area (Å²) in [5.74, 6) is 0.163.